The number of nitrogens with zero attached hydrogens (tertiary/aromatic N) is 4. The molecule has 8 nitrogen and oxygen atoms in total. The summed E-state index contributed by atoms with van der Waals surface area (Å²) in [5, 5.41) is 7.62. The molecule has 2 unspecified atom stereocenters. The Labute approximate surface area is 209 Å². The quantitative estimate of drug-likeness (QED) is 0.588. The largest absolute Gasteiger partial charge is 0.338 e. The summed E-state index contributed by atoms with van der Waals surface area (Å²) in [6.45, 7) is 11.2. The van der Waals surface area contributed by atoms with Gasteiger partial charge in [-0.1, -0.05) is 26.0 Å². The van der Waals surface area contributed by atoms with Crippen molar-refractivity contribution in [3.8, 4) is 10.6 Å². The standard InChI is InChI=1S/C26H31N5O3S/c1-14-11-15(2)13-31(12-14)25(33)19-9-7-8-10-20(19)28-23(32)22-18(5)27-24(35-22)21-16(3)17(4)29-30(6)26(21)34/h7-10,14-15H,11-13H2,1-6H3,(H,28,32). The second-order valence-electron chi connectivity index (χ2n) is 9.60. The van der Waals surface area contributed by atoms with Crippen molar-refractivity contribution in [1.82, 2.24) is 19.7 Å². The summed E-state index contributed by atoms with van der Waals surface area (Å²) in [5.74, 6) is 0.450. The summed E-state index contributed by atoms with van der Waals surface area (Å²) in [4.78, 5) is 46.2. The van der Waals surface area contributed by atoms with Crippen LogP contribution in [0.15, 0.2) is 29.1 Å². The first kappa shape index (κ1) is 24.8. The van der Waals surface area contributed by atoms with Crippen molar-refractivity contribution in [1.29, 1.82) is 0 Å². The van der Waals surface area contributed by atoms with Crippen LogP contribution in [-0.4, -0.2) is 44.6 Å². The molecule has 3 aromatic rings. The predicted octanol–water partition coefficient (Wildman–Crippen LogP) is 4.20. The number of aromatic nitrogens is 3. The third kappa shape index (κ3) is 4.91. The van der Waals surface area contributed by atoms with Crippen LogP contribution in [0.1, 0.15) is 57.2 Å². The Morgan fingerprint density at radius 2 is 1.71 bits per heavy atom. The van der Waals surface area contributed by atoms with E-state index in [0.29, 0.717) is 57.3 Å². The number of nitrogens with one attached hydrogen (secondary N) is 1. The van der Waals surface area contributed by atoms with E-state index >= 15 is 0 Å². The topological polar surface area (TPSA) is 97.2 Å². The van der Waals surface area contributed by atoms with E-state index in [1.54, 1.807) is 38.2 Å². The SMILES string of the molecule is Cc1nc(-c2c(C)c(C)nn(C)c2=O)sc1C(=O)Nc1ccccc1C(=O)N1CC(C)CC(C)C1. The average Bonchev–Trinajstić information content (AvgIpc) is 3.18. The fourth-order valence-corrected chi connectivity index (χ4v) is 5.83. The highest BCUT2D eigenvalue weighted by molar-refractivity contribution is 7.17. The molecule has 0 saturated carbocycles. The number of carbonyl (C=O) groups is 2. The van der Waals surface area contributed by atoms with Crippen LogP contribution < -0.4 is 10.9 Å². The molecule has 0 spiro atoms. The average molecular weight is 494 g/mol. The van der Waals surface area contributed by atoms with Gasteiger partial charge in [-0.15, -0.1) is 11.3 Å². The lowest BCUT2D eigenvalue weighted by Crippen LogP contribution is -2.42. The van der Waals surface area contributed by atoms with Gasteiger partial charge in [0.25, 0.3) is 17.4 Å². The number of likely N-dealkylation sites (tertiary alicyclic amines) is 1. The first-order valence-corrected chi connectivity index (χ1v) is 12.6. The van der Waals surface area contributed by atoms with Gasteiger partial charge in [-0.2, -0.15) is 5.10 Å². The van der Waals surface area contributed by atoms with E-state index in [0.717, 1.165) is 17.7 Å². The molecule has 0 aliphatic carbocycles. The van der Waals surface area contributed by atoms with E-state index in [2.05, 4.69) is 29.2 Å². The van der Waals surface area contributed by atoms with Crippen molar-refractivity contribution in [2.24, 2.45) is 18.9 Å². The molecule has 0 radical (unpaired) electrons. The van der Waals surface area contributed by atoms with Crippen molar-refractivity contribution in [3.05, 3.63) is 62.0 Å². The van der Waals surface area contributed by atoms with Crippen molar-refractivity contribution < 1.29 is 9.59 Å². The summed E-state index contributed by atoms with van der Waals surface area (Å²) < 4.78 is 1.29. The summed E-state index contributed by atoms with van der Waals surface area (Å²) in [6.07, 6.45) is 1.11. The number of amides is 2. The third-order valence-electron chi connectivity index (χ3n) is 6.50. The lowest BCUT2D eigenvalue weighted by molar-refractivity contribution is 0.0624. The number of aryl methyl sites for hydroxylation is 3. The van der Waals surface area contributed by atoms with E-state index in [4.69, 9.17) is 0 Å². The minimum Gasteiger partial charge on any atom is -0.338 e. The number of thiazole rings is 1. The smallest absolute Gasteiger partial charge is 0.277 e. The van der Waals surface area contributed by atoms with Gasteiger partial charge in [0.05, 0.1) is 28.2 Å². The van der Waals surface area contributed by atoms with Gasteiger partial charge < -0.3 is 10.2 Å². The van der Waals surface area contributed by atoms with Crippen LogP contribution in [0.25, 0.3) is 10.6 Å². The van der Waals surface area contributed by atoms with Crippen molar-refractivity contribution in [2.45, 2.75) is 41.0 Å². The molecule has 2 atom stereocenters. The Hall–Kier alpha value is -3.33. The minimum atomic E-state index is -0.355. The third-order valence-corrected chi connectivity index (χ3v) is 7.68. The van der Waals surface area contributed by atoms with Gasteiger partial charge in [-0.25, -0.2) is 9.67 Å². The van der Waals surface area contributed by atoms with Crippen LogP contribution in [0.2, 0.25) is 0 Å². The zero-order valence-corrected chi connectivity index (χ0v) is 21.8. The normalized spacial score (nSPS) is 17.9. The van der Waals surface area contributed by atoms with Gasteiger partial charge in [0.1, 0.15) is 9.88 Å². The van der Waals surface area contributed by atoms with E-state index in [1.807, 2.05) is 18.7 Å². The zero-order valence-electron chi connectivity index (χ0n) is 21.0. The second kappa shape index (κ2) is 9.73. The van der Waals surface area contributed by atoms with Gasteiger partial charge in [-0.3, -0.25) is 14.4 Å². The van der Waals surface area contributed by atoms with E-state index in [-0.39, 0.29) is 17.4 Å². The Morgan fingerprint density at radius 1 is 1.06 bits per heavy atom. The molecule has 9 heteroatoms. The highest BCUT2D eigenvalue weighted by Gasteiger charge is 2.28. The van der Waals surface area contributed by atoms with Crippen LogP contribution in [0, 0.1) is 32.6 Å². The van der Waals surface area contributed by atoms with Gasteiger partial charge in [-0.05, 0) is 56.7 Å². The number of hydrogen-bond acceptors (Lipinski definition) is 6. The van der Waals surface area contributed by atoms with Gasteiger partial charge in [0, 0.05) is 20.1 Å². The van der Waals surface area contributed by atoms with Gasteiger partial charge in [0.15, 0.2) is 0 Å². The molecule has 1 aromatic carbocycles. The van der Waals surface area contributed by atoms with Crippen LogP contribution in [0.4, 0.5) is 5.69 Å². The number of piperidine rings is 1. The molecule has 1 fully saturated rings. The van der Waals surface area contributed by atoms with Crippen molar-refractivity contribution in [3.63, 3.8) is 0 Å². The molecule has 1 aliphatic rings. The molecule has 1 aliphatic heterocycles. The molecule has 184 valence electrons. The molecule has 1 saturated heterocycles. The van der Waals surface area contributed by atoms with E-state index < -0.39 is 0 Å². The van der Waals surface area contributed by atoms with Gasteiger partial charge in [0.2, 0.25) is 0 Å². The fraction of sp³-hybridized carbons (Fsp3) is 0.423. The summed E-state index contributed by atoms with van der Waals surface area (Å²) in [6, 6.07) is 7.09. The Balaban J connectivity index is 1.63. The molecular weight excluding hydrogens is 462 g/mol. The summed E-state index contributed by atoms with van der Waals surface area (Å²) in [5.41, 5.74) is 3.14. The maximum atomic E-state index is 13.3. The first-order valence-electron chi connectivity index (χ1n) is 11.8. The summed E-state index contributed by atoms with van der Waals surface area (Å²) >= 11 is 1.17. The lowest BCUT2D eigenvalue weighted by Gasteiger charge is -2.35. The maximum Gasteiger partial charge on any atom is 0.277 e. The monoisotopic (exact) mass is 493 g/mol. The zero-order chi connectivity index (χ0) is 25.4. The maximum absolute atomic E-state index is 13.3. The second-order valence-corrected chi connectivity index (χ2v) is 10.6. The van der Waals surface area contributed by atoms with Crippen LogP contribution in [-0.2, 0) is 7.05 Å². The summed E-state index contributed by atoms with van der Waals surface area (Å²) in [7, 11) is 1.60. The Bertz CT molecular complexity index is 1350. The highest BCUT2D eigenvalue weighted by Crippen LogP contribution is 2.30. The fourth-order valence-electron chi connectivity index (χ4n) is 4.77. The van der Waals surface area contributed by atoms with E-state index in [9.17, 15) is 14.4 Å². The number of hydrogen-bond donors (Lipinski definition) is 1. The predicted molar refractivity (Wildman–Crippen MR) is 138 cm³/mol. The Kier molecular flexibility index (Phi) is 6.89. The highest BCUT2D eigenvalue weighted by atomic mass is 32.1. The van der Waals surface area contributed by atoms with Crippen molar-refractivity contribution >= 4 is 28.8 Å². The van der Waals surface area contributed by atoms with Crippen LogP contribution in [0.3, 0.4) is 0 Å². The number of para-hydroxylation sites is 1. The van der Waals surface area contributed by atoms with E-state index in [1.165, 1.54) is 16.0 Å². The molecular formula is C26H31N5O3S. The number of benzene rings is 1. The lowest BCUT2D eigenvalue weighted by atomic mass is 9.91. The first-order chi connectivity index (χ1) is 16.6. The number of carbonyl (C=O) groups excluding carboxylic acids is 2. The molecule has 2 aromatic heterocycles. The Morgan fingerprint density at radius 3 is 2.40 bits per heavy atom. The number of rotatable bonds is 4. The molecule has 3 heterocycles. The molecule has 1 N–H and O–H groups in total. The molecule has 0 bridgehead atoms. The molecule has 4 rings (SSSR count). The van der Waals surface area contributed by atoms with Crippen molar-refractivity contribution in [2.75, 3.05) is 18.4 Å². The van der Waals surface area contributed by atoms with Crippen LogP contribution in [0.5, 0.6) is 0 Å². The number of anilines is 1. The minimum absolute atomic E-state index is 0.0765. The molecule has 35 heavy (non-hydrogen) atoms. The molecule has 2 amide bonds. The van der Waals surface area contributed by atoms with Crippen LogP contribution >= 0.6 is 11.3 Å². The van der Waals surface area contributed by atoms with Gasteiger partial charge >= 0.3 is 0 Å².